The maximum atomic E-state index is 3.34. The highest BCUT2D eigenvalue weighted by molar-refractivity contribution is 5.44. The van der Waals surface area contributed by atoms with Gasteiger partial charge in [0.25, 0.3) is 0 Å². The molecule has 2 aromatic carbocycles. The molecule has 29 heavy (non-hydrogen) atoms. The van der Waals surface area contributed by atoms with Crippen LogP contribution in [0.1, 0.15) is 106 Å². The van der Waals surface area contributed by atoms with Crippen molar-refractivity contribution in [3.8, 4) is 11.8 Å². The Kier molecular flexibility index (Phi) is 8.88. The maximum Gasteiger partial charge on any atom is 0.0249 e. The molecule has 0 aromatic heterocycles. The van der Waals surface area contributed by atoms with Gasteiger partial charge in [0, 0.05) is 11.1 Å². The number of aryl methyl sites for hydroxylation is 1. The van der Waals surface area contributed by atoms with Crippen molar-refractivity contribution < 1.29 is 0 Å². The molecule has 0 heterocycles. The average Bonchev–Trinajstić information content (AvgIpc) is 2.77. The summed E-state index contributed by atoms with van der Waals surface area (Å²) in [5.74, 6) is 8.41. The molecule has 0 bridgehead atoms. The van der Waals surface area contributed by atoms with Crippen molar-refractivity contribution in [2.45, 2.75) is 90.4 Å². The largest absolute Gasteiger partial charge is 0.0654 e. The van der Waals surface area contributed by atoms with Gasteiger partial charge in [0.1, 0.15) is 0 Å². The molecular weight excluding hydrogens is 348 g/mol. The molecule has 1 fully saturated rings. The molecule has 2 aromatic rings. The quantitative estimate of drug-likeness (QED) is 0.316. The second-order valence-electron chi connectivity index (χ2n) is 8.89. The molecule has 0 atom stereocenters. The molecule has 1 aliphatic carbocycles. The molecule has 1 aliphatic rings. The van der Waals surface area contributed by atoms with Gasteiger partial charge in [-0.2, -0.15) is 0 Å². The standard InChI is InChI=1S/C29H38/c1-3-5-6-7-9-25-10-12-26(13-11-25)14-15-27-18-22-29(23-19-27)28-20-16-24(8-4-2)17-21-28/h10-13,18-19,22-24,28H,3-9,16-17,20-21H2,1-2H3. The summed E-state index contributed by atoms with van der Waals surface area (Å²) in [5.41, 5.74) is 5.18. The number of rotatable bonds is 8. The smallest absolute Gasteiger partial charge is 0.0249 e. The van der Waals surface area contributed by atoms with Crippen LogP contribution in [0.3, 0.4) is 0 Å². The van der Waals surface area contributed by atoms with Gasteiger partial charge in [-0.3, -0.25) is 0 Å². The van der Waals surface area contributed by atoms with E-state index in [-0.39, 0.29) is 0 Å². The first-order valence-corrected chi connectivity index (χ1v) is 12.0. The van der Waals surface area contributed by atoms with E-state index in [2.05, 4.69) is 74.2 Å². The lowest BCUT2D eigenvalue weighted by molar-refractivity contribution is 0.308. The summed E-state index contributed by atoms with van der Waals surface area (Å²) in [5, 5.41) is 0. The Hall–Kier alpha value is -2.00. The summed E-state index contributed by atoms with van der Waals surface area (Å²) >= 11 is 0. The van der Waals surface area contributed by atoms with Gasteiger partial charge in [-0.1, -0.05) is 82.1 Å². The monoisotopic (exact) mass is 386 g/mol. The highest BCUT2D eigenvalue weighted by atomic mass is 14.3. The van der Waals surface area contributed by atoms with E-state index in [1.807, 2.05) is 0 Å². The topological polar surface area (TPSA) is 0 Å². The molecule has 0 saturated heterocycles. The van der Waals surface area contributed by atoms with Crippen molar-refractivity contribution >= 4 is 0 Å². The summed E-state index contributed by atoms with van der Waals surface area (Å²) < 4.78 is 0. The first-order chi connectivity index (χ1) is 14.3. The lowest BCUT2D eigenvalue weighted by atomic mass is 9.77. The third kappa shape index (κ3) is 7.08. The minimum atomic E-state index is 0.759. The minimum absolute atomic E-state index is 0.759. The molecule has 0 spiro atoms. The third-order valence-electron chi connectivity index (χ3n) is 6.55. The van der Waals surface area contributed by atoms with Crippen LogP contribution < -0.4 is 0 Å². The van der Waals surface area contributed by atoms with E-state index in [0.29, 0.717) is 0 Å². The predicted molar refractivity (Wildman–Crippen MR) is 126 cm³/mol. The average molecular weight is 387 g/mol. The molecule has 0 nitrogen and oxygen atoms in total. The molecule has 0 radical (unpaired) electrons. The second-order valence-corrected chi connectivity index (χ2v) is 8.89. The van der Waals surface area contributed by atoms with Gasteiger partial charge >= 0.3 is 0 Å². The molecule has 0 heteroatoms. The summed E-state index contributed by atoms with van der Waals surface area (Å²) in [4.78, 5) is 0. The van der Waals surface area contributed by atoms with Crippen LogP contribution >= 0.6 is 0 Å². The van der Waals surface area contributed by atoms with Crippen LogP contribution in [0.4, 0.5) is 0 Å². The summed E-state index contributed by atoms with van der Waals surface area (Å²) in [7, 11) is 0. The van der Waals surface area contributed by atoms with E-state index >= 15 is 0 Å². The Morgan fingerprint density at radius 2 is 1.31 bits per heavy atom. The Morgan fingerprint density at radius 3 is 1.90 bits per heavy atom. The van der Waals surface area contributed by atoms with Crippen LogP contribution in [0.5, 0.6) is 0 Å². The molecule has 3 rings (SSSR count). The van der Waals surface area contributed by atoms with E-state index in [4.69, 9.17) is 0 Å². The molecular formula is C29H38. The zero-order valence-corrected chi connectivity index (χ0v) is 18.6. The number of unbranched alkanes of at least 4 members (excludes halogenated alkanes) is 3. The van der Waals surface area contributed by atoms with Crippen molar-refractivity contribution in [2.24, 2.45) is 5.92 Å². The maximum absolute atomic E-state index is 3.34. The number of hydrogen-bond donors (Lipinski definition) is 0. The Bertz CT molecular complexity index is 762. The normalized spacial score (nSPS) is 18.8. The van der Waals surface area contributed by atoms with Gasteiger partial charge in [-0.05, 0) is 85.8 Å². The molecule has 0 unspecified atom stereocenters. The fourth-order valence-corrected chi connectivity index (χ4v) is 4.69. The van der Waals surface area contributed by atoms with Gasteiger partial charge in [-0.15, -0.1) is 0 Å². The lowest BCUT2D eigenvalue weighted by Gasteiger charge is -2.28. The first kappa shape index (κ1) is 21.7. The first-order valence-electron chi connectivity index (χ1n) is 12.0. The van der Waals surface area contributed by atoms with E-state index in [1.54, 1.807) is 0 Å². The van der Waals surface area contributed by atoms with Gasteiger partial charge in [-0.25, -0.2) is 0 Å². The lowest BCUT2D eigenvalue weighted by Crippen LogP contribution is -2.13. The van der Waals surface area contributed by atoms with Crippen LogP contribution in [-0.4, -0.2) is 0 Å². The van der Waals surface area contributed by atoms with Crippen molar-refractivity contribution in [3.63, 3.8) is 0 Å². The van der Waals surface area contributed by atoms with Gasteiger partial charge in [0.2, 0.25) is 0 Å². The van der Waals surface area contributed by atoms with Crippen LogP contribution in [0.15, 0.2) is 48.5 Å². The van der Waals surface area contributed by atoms with E-state index in [1.165, 1.54) is 81.8 Å². The summed E-state index contributed by atoms with van der Waals surface area (Å²) in [6, 6.07) is 17.9. The van der Waals surface area contributed by atoms with Crippen LogP contribution in [0.2, 0.25) is 0 Å². The fourth-order valence-electron chi connectivity index (χ4n) is 4.69. The zero-order chi connectivity index (χ0) is 20.3. The summed E-state index contributed by atoms with van der Waals surface area (Å²) in [6.45, 7) is 4.58. The van der Waals surface area contributed by atoms with Gasteiger partial charge in [0.15, 0.2) is 0 Å². The Balaban J connectivity index is 1.51. The van der Waals surface area contributed by atoms with Gasteiger partial charge < -0.3 is 0 Å². The number of benzene rings is 2. The van der Waals surface area contributed by atoms with E-state index in [9.17, 15) is 0 Å². The third-order valence-corrected chi connectivity index (χ3v) is 6.55. The Labute approximate surface area is 179 Å². The highest BCUT2D eigenvalue weighted by Gasteiger charge is 2.21. The molecule has 1 saturated carbocycles. The van der Waals surface area contributed by atoms with Crippen molar-refractivity contribution in [2.75, 3.05) is 0 Å². The van der Waals surface area contributed by atoms with Crippen LogP contribution in [-0.2, 0) is 6.42 Å². The summed E-state index contributed by atoms with van der Waals surface area (Å²) in [6.07, 6.45) is 14.8. The molecule has 0 amide bonds. The molecule has 0 N–H and O–H groups in total. The molecule has 154 valence electrons. The highest BCUT2D eigenvalue weighted by Crippen LogP contribution is 2.37. The van der Waals surface area contributed by atoms with Crippen molar-refractivity contribution in [3.05, 3.63) is 70.8 Å². The van der Waals surface area contributed by atoms with E-state index in [0.717, 1.165) is 23.0 Å². The van der Waals surface area contributed by atoms with Crippen molar-refractivity contribution in [1.82, 2.24) is 0 Å². The fraction of sp³-hybridized carbons (Fsp3) is 0.517. The Morgan fingerprint density at radius 1 is 0.690 bits per heavy atom. The SMILES string of the molecule is CCCCCCc1ccc(C#Cc2ccc(C3CCC(CCC)CC3)cc2)cc1. The molecule has 0 aliphatic heterocycles. The number of hydrogen-bond acceptors (Lipinski definition) is 0. The van der Waals surface area contributed by atoms with Crippen molar-refractivity contribution in [1.29, 1.82) is 0 Å². The van der Waals surface area contributed by atoms with E-state index < -0.39 is 0 Å². The second kappa shape index (κ2) is 11.9. The predicted octanol–water partition coefficient (Wildman–Crippen LogP) is 8.28. The van der Waals surface area contributed by atoms with Gasteiger partial charge in [0.05, 0.1) is 0 Å². The van der Waals surface area contributed by atoms with Crippen LogP contribution in [0.25, 0.3) is 0 Å². The minimum Gasteiger partial charge on any atom is -0.0654 e. The zero-order valence-electron chi connectivity index (χ0n) is 18.6. The van der Waals surface area contributed by atoms with Crippen LogP contribution in [0, 0.1) is 17.8 Å².